The lowest BCUT2D eigenvalue weighted by Gasteiger charge is -2.29. The van der Waals surface area contributed by atoms with E-state index in [2.05, 4.69) is 43.2 Å². The molecule has 458 valence electrons. The van der Waals surface area contributed by atoms with Crippen molar-refractivity contribution in [1.82, 2.24) is 39.8 Å². The fourth-order valence-electron chi connectivity index (χ4n) is 11.5. The lowest BCUT2D eigenvalue weighted by molar-refractivity contribution is -0.131. The van der Waals surface area contributed by atoms with E-state index in [-0.39, 0.29) is 38.8 Å². The minimum Gasteiger partial charge on any atom is -0.493 e. The number of sulfonamides is 2. The summed E-state index contributed by atoms with van der Waals surface area (Å²) < 4.78 is 89.3. The third-order valence-corrected chi connectivity index (χ3v) is 20.0. The Morgan fingerprint density at radius 2 is 1.09 bits per heavy atom. The van der Waals surface area contributed by atoms with Gasteiger partial charge in [0.25, 0.3) is 11.8 Å². The summed E-state index contributed by atoms with van der Waals surface area (Å²) in [4.78, 5) is 92.0. The monoisotopic (exact) mass is 1220 g/mol. The largest absolute Gasteiger partial charge is 0.493 e. The summed E-state index contributed by atoms with van der Waals surface area (Å²) in [7, 11) is -7.66. The molecule has 0 radical (unpaired) electrons. The van der Waals surface area contributed by atoms with E-state index in [1.807, 2.05) is 42.5 Å². The number of hydrogen-bond donors (Lipinski definition) is 4. The number of fused-ring (bicyclic) bond motifs is 6. The van der Waals surface area contributed by atoms with Crippen molar-refractivity contribution in [2.75, 3.05) is 19.7 Å². The molecular weight excluding hydrogens is 1150 g/mol. The molecule has 4 N–H and O–H groups in total. The first kappa shape index (κ1) is 59.7. The van der Waals surface area contributed by atoms with Crippen molar-refractivity contribution in [3.05, 3.63) is 92.0 Å². The summed E-state index contributed by atoms with van der Waals surface area (Å²) in [5.41, 5.74) is -2.80. The maximum Gasteiger partial charge on any atom is 0.411 e. The normalized spacial score (nSPS) is 25.8. The van der Waals surface area contributed by atoms with Gasteiger partial charge >= 0.3 is 12.2 Å². The molecule has 4 saturated carbocycles. The predicted molar refractivity (Wildman–Crippen MR) is 313 cm³/mol. The van der Waals surface area contributed by atoms with Crippen molar-refractivity contribution in [3.63, 3.8) is 0 Å². The van der Waals surface area contributed by atoms with E-state index in [9.17, 15) is 45.6 Å². The average Bonchev–Trinajstić information content (AvgIpc) is 1.62. The standard InChI is InChI=1S/C30H36N4O8S.C30H34N4O8S/c2*1-5-17-15-30(17,27(36)33-43(38,39)19-6-7-19)32-25(35)23-14-18(16-34(23)28(37)42-29(2,3)4)41-26-22-8-9-24-21(11-13-40-24)20(22)10-12-31-26/h5,8-10,12,17-19,23H,1,6-7,11,13-16H2,2-4H3,(H,32,35)(H,33,36);5,8-13,17-19,23H,1,6-7,14-16H2,2-4H3,(H,32,35)(H,33,36)/t2*17-,18-,23+,30-/m11/s1. The molecule has 0 bridgehead atoms. The number of carbonyl (C=O) groups excluding carboxylic acids is 6. The van der Waals surface area contributed by atoms with E-state index in [1.54, 1.807) is 60.2 Å². The molecule has 8 atom stereocenters. The van der Waals surface area contributed by atoms with Gasteiger partial charge in [-0.2, -0.15) is 0 Å². The summed E-state index contributed by atoms with van der Waals surface area (Å²) in [5, 5.41) is 8.60. The summed E-state index contributed by atoms with van der Waals surface area (Å²) in [6.07, 6.45) is 8.56. The van der Waals surface area contributed by atoms with Crippen LogP contribution in [0.5, 0.6) is 17.5 Å². The zero-order valence-electron chi connectivity index (χ0n) is 48.6. The van der Waals surface area contributed by atoms with Gasteiger partial charge in [-0.1, -0.05) is 12.2 Å². The molecule has 3 aromatic heterocycles. The number of benzene rings is 2. The van der Waals surface area contributed by atoms with Crippen molar-refractivity contribution < 1.29 is 73.7 Å². The van der Waals surface area contributed by atoms with Crippen LogP contribution in [-0.4, -0.2) is 149 Å². The smallest absolute Gasteiger partial charge is 0.411 e. The Balaban J connectivity index is 0.000000179. The Kier molecular flexibility index (Phi) is 15.3. The first-order valence-electron chi connectivity index (χ1n) is 28.7. The quantitative estimate of drug-likeness (QED) is 0.0823. The highest BCUT2D eigenvalue weighted by atomic mass is 32.2. The van der Waals surface area contributed by atoms with Crippen LogP contribution in [0.3, 0.4) is 0 Å². The fourth-order valence-corrected chi connectivity index (χ4v) is 14.2. The van der Waals surface area contributed by atoms with E-state index in [0.29, 0.717) is 44.1 Å². The van der Waals surface area contributed by atoms with Gasteiger partial charge in [0.05, 0.1) is 36.5 Å². The average molecular weight is 1220 g/mol. The fraction of sp³-hybridized carbons (Fsp3) is 0.500. The maximum absolute atomic E-state index is 13.8. The van der Waals surface area contributed by atoms with Crippen molar-refractivity contribution in [1.29, 1.82) is 0 Å². The molecule has 6 fully saturated rings. The Labute approximate surface area is 497 Å². The minimum absolute atomic E-state index is 0.0269. The van der Waals surface area contributed by atoms with Gasteiger partial charge < -0.3 is 38.7 Å². The zero-order chi connectivity index (χ0) is 61.5. The molecule has 86 heavy (non-hydrogen) atoms. The number of likely N-dealkylation sites (tertiary alicyclic amines) is 2. The molecule has 2 aromatic carbocycles. The second-order valence-electron chi connectivity index (χ2n) is 25.1. The molecule has 0 spiro atoms. The number of rotatable bonds is 16. The number of carbonyl (C=O) groups is 6. The van der Waals surface area contributed by atoms with Crippen LogP contribution in [0, 0.1) is 11.8 Å². The molecule has 0 unspecified atom stereocenters. The number of hydrogen-bond acceptors (Lipinski definition) is 18. The highest BCUT2D eigenvalue weighted by Gasteiger charge is 2.63. The Morgan fingerprint density at radius 3 is 1.55 bits per heavy atom. The Bertz CT molecular complexity index is 3850. The van der Waals surface area contributed by atoms with Crippen LogP contribution in [0.15, 0.2) is 90.8 Å². The van der Waals surface area contributed by atoms with Crippen LogP contribution in [0.4, 0.5) is 9.59 Å². The molecule has 5 aromatic rings. The third-order valence-electron chi connectivity index (χ3n) is 16.4. The SMILES string of the molecule is C=C[C@@H]1C[C@]1(NC(=O)[C@@H]1C[C@@H](Oc2nccc3c2ccc2occc23)CN1C(=O)OC(C)(C)C)C(=O)NS(=O)(=O)C1CC1.C=C[C@@H]1C[C@]1(NC(=O)[C@@H]1C[C@@H](Oc2nccc3c4c(ccc23)OCC4)CN1C(=O)OC(C)(C)C)C(=O)NS(=O)(=O)C1CC1. The molecule has 7 aliphatic rings. The van der Waals surface area contributed by atoms with Crippen LogP contribution in [0.1, 0.15) is 98.5 Å². The lowest BCUT2D eigenvalue weighted by atomic mass is 10.0. The Hall–Kier alpha value is -8.00. The van der Waals surface area contributed by atoms with Crippen molar-refractivity contribution >= 4 is 88.4 Å². The number of furan rings is 1. The number of aromatic nitrogens is 2. The molecular formula is C60H70N8O16S2. The lowest BCUT2D eigenvalue weighted by Crippen LogP contribution is -2.56. The number of pyridine rings is 2. The summed E-state index contributed by atoms with van der Waals surface area (Å²) in [5.74, 6) is -2.22. The predicted octanol–water partition coefficient (Wildman–Crippen LogP) is 6.00. The second-order valence-corrected chi connectivity index (χ2v) is 29.0. The number of ether oxygens (including phenoxy) is 5. The van der Waals surface area contributed by atoms with E-state index in [1.165, 1.54) is 22.0 Å². The van der Waals surface area contributed by atoms with E-state index >= 15 is 0 Å². The Morgan fingerprint density at radius 1 is 0.628 bits per heavy atom. The van der Waals surface area contributed by atoms with E-state index < -0.39 is 125 Å². The molecule has 6 amide bonds. The van der Waals surface area contributed by atoms with Gasteiger partial charge in [-0.05, 0) is 133 Å². The van der Waals surface area contributed by atoms with Crippen LogP contribution in [0.25, 0.3) is 32.5 Å². The highest BCUT2D eigenvalue weighted by molar-refractivity contribution is 7.91. The molecule has 24 nitrogen and oxygen atoms in total. The molecule has 3 aliphatic heterocycles. The van der Waals surface area contributed by atoms with Crippen molar-refractivity contribution in [2.45, 2.75) is 156 Å². The van der Waals surface area contributed by atoms with Crippen molar-refractivity contribution in [3.8, 4) is 17.5 Å². The van der Waals surface area contributed by atoms with Gasteiger partial charge in [0.2, 0.25) is 43.6 Å². The second kappa shape index (κ2) is 22.1. The maximum atomic E-state index is 13.8. The van der Waals surface area contributed by atoms with Crippen molar-refractivity contribution in [2.24, 2.45) is 11.8 Å². The van der Waals surface area contributed by atoms with Crippen LogP contribution < -0.4 is 34.3 Å². The molecule has 4 aliphatic carbocycles. The first-order valence-corrected chi connectivity index (χ1v) is 31.8. The molecule has 26 heteroatoms. The van der Waals surface area contributed by atoms with Gasteiger partial charge in [0, 0.05) is 65.2 Å². The number of nitrogens with zero attached hydrogens (tertiary/aromatic N) is 4. The van der Waals surface area contributed by atoms with Crippen LogP contribution >= 0.6 is 0 Å². The zero-order valence-corrected chi connectivity index (χ0v) is 50.2. The minimum atomic E-state index is -3.83. The van der Waals surface area contributed by atoms with Gasteiger partial charge in [0.1, 0.15) is 57.9 Å². The van der Waals surface area contributed by atoms with Gasteiger partial charge in [-0.15, -0.1) is 13.2 Å². The topological polar surface area (TPSA) is 310 Å². The van der Waals surface area contributed by atoms with Gasteiger partial charge in [0.15, 0.2) is 0 Å². The highest BCUT2D eigenvalue weighted by Crippen LogP contribution is 2.47. The third kappa shape index (κ3) is 12.1. The summed E-state index contributed by atoms with van der Waals surface area (Å²) >= 11 is 0. The van der Waals surface area contributed by atoms with Gasteiger partial charge in [-0.25, -0.2) is 36.4 Å². The number of amides is 6. The number of nitrogens with one attached hydrogen (secondary N) is 4. The summed E-state index contributed by atoms with van der Waals surface area (Å²) in [6.45, 7) is 18.5. The van der Waals surface area contributed by atoms with E-state index in [0.717, 1.165) is 50.2 Å². The van der Waals surface area contributed by atoms with E-state index in [4.69, 9.17) is 28.1 Å². The first-order chi connectivity index (χ1) is 40.6. The van der Waals surface area contributed by atoms with Crippen LogP contribution in [-0.2, 0) is 55.1 Å². The van der Waals surface area contributed by atoms with Gasteiger partial charge in [-0.3, -0.25) is 38.4 Å². The van der Waals surface area contributed by atoms with Crippen LogP contribution in [0.2, 0.25) is 0 Å². The summed E-state index contributed by atoms with van der Waals surface area (Å²) in [6, 6.07) is 11.0. The molecule has 6 heterocycles. The molecule has 12 rings (SSSR count). The molecule has 2 saturated heterocycles.